The first kappa shape index (κ1) is 23.9. The molecule has 1 saturated heterocycles. The van der Waals surface area contributed by atoms with Crippen molar-refractivity contribution in [2.45, 2.75) is 69.8 Å². The van der Waals surface area contributed by atoms with Crippen LogP contribution >= 0.6 is 11.6 Å². The van der Waals surface area contributed by atoms with E-state index in [0.29, 0.717) is 30.1 Å². The van der Waals surface area contributed by atoms with Crippen molar-refractivity contribution in [1.82, 2.24) is 24.6 Å². The number of hydrogen-bond donors (Lipinski definition) is 0. The summed E-state index contributed by atoms with van der Waals surface area (Å²) in [5.41, 5.74) is 0.305. The Morgan fingerprint density at radius 3 is 2.52 bits per heavy atom. The lowest BCUT2D eigenvalue weighted by atomic mass is 9.57. The van der Waals surface area contributed by atoms with E-state index in [-0.39, 0.29) is 30.0 Å². The summed E-state index contributed by atoms with van der Waals surface area (Å²) in [5, 5.41) is 9.90. The Hall–Kier alpha value is -2.72. The van der Waals surface area contributed by atoms with Crippen LogP contribution in [0.3, 0.4) is 0 Å². The molecular weight excluding hydrogens is 544 g/mol. The minimum atomic E-state index is -4.13. The fourth-order valence-corrected chi connectivity index (χ4v) is 9.46. The van der Waals surface area contributed by atoms with Gasteiger partial charge in [0.15, 0.2) is 5.82 Å². The quantitative estimate of drug-likeness (QED) is 0.364. The fourth-order valence-electron chi connectivity index (χ4n) is 9.26. The molecule has 3 atom stereocenters. The van der Waals surface area contributed by atoms with Crippen LogP contribution in [0.25, 0.3) is 5.69 Å². The summed E-state index contributed by atoms with van der Waals surface area (Å²) >= 11 is 6.42. The smallest absolute Gasteiger partial charge is 0.355 e. The molecule has 4 saturated carbocycles. The van der Waals surface area contributed by atoms with E-state index < -0.39 is 22.5 Å². The molecule has 4 aliphatic carbocycles. The van der Waals surface area contributed by atoms with Gasteiger partial charge in [-0.05, 0) is 74.4 Å². The Morgan fingerprint density at radius 2 is 1.82 bits per heavy atom. The third-order valence-electron chi connectivity index (χ3n) is 11.4. The van der Waals surface area contributed by atoms with Gasteiger partial charge in [0, 0.05) is 46.9 Å². The number of rotatable bonds is 3. The molecule has 6 nitrogen and oxygen atoms in total. The third kappa shape index (κ3) is 2.73. The van der Waals surface area contributed by atoms with Crippen molar-refractivity contribution in [1.29, 1.82) is 0 Å². The van der Waals surface area contributed by atoms with E-state index >= 15 is 0 Å². The number of nitrogens with zero attached hydrogens (tertiary/aromatic N) is 6. The lowest BCUT2D eigenvalue weighted by molar-refractivity contribution is -0.220. The maximum absolute atomic E-state index is 13.9. The molecule has 5 fully saturated rings. The summed E-state index contributed by atoms with van der Waals surface area (Å²) < 4.78 is 57.4. The summed E-state index contributed by atoms with van der Waals surface area (Å²) in [5.74, 6) is 2.49. The van der Waals surface area contributed by atoms with Crippen LogP contribution in [-0.4, -0.2) is 49.5 Å². The summed E-state index contributed by atoms with van der Waals surface area (Å²) in [6.07, 6.45) is 0.178. The van der Waals surface area contributed by atoms with Crippen LogP contribution in [0.15, 0.2) is 30.5 Å². The summed E-state index contributed by atoms with van der Waals surface area (Å²) in [6, 6.07) is 7.61. The number of benzene rings is 1. The predicted octanol–water partition coefficient (Wildman–Crippen LogP) is 5.95. The number of hydrogen-bond acceptors (Lipinski definition) is 5. The number of aromatic nitrogens is 4. The average Bonchev–Trinajstić information content (AvgIpc) is 3.53. The van der Waals surface area contributed by atoms with Gasteiger partial charge in [-0.1, -0.05) is 11.6 Å². The van der Waals surface area contributed by atoms with Gasteiger partial charge in [0.1, 0.15) is 17.5 Å². The molecule has 2 aliphatic heterocycles. The minimum Gasteiger partial charge on any atom is -0.355 e. The Morgan fingerprint density at radius 1 is 1.02 bits per heavy atom. The first-order valence-electron chi connectivity index (χ1n) is 13.9. The van der Waals surface area contributed by atoms with Gasteiger partial charge in [0.25, 0.3) is 0 Å². The van der Waals surface area contributed by atoms with Crippen LogP contribution in [-0.2, 0) is 13.1 Å². The lowest BCUT2D eigenvalue weighted by Crippen LogP contribution is -2.62. The van der Waals surface area contributed by atoms with Gasteiger partial charge in [0.05, 0.1) is 23.8 Å². The summed E-state index contributed by atoms with van der Waals surface area (Å²) in [6.45, 7) is 4.56. The minimum absolute atomic E-state index is 0.185. The van der Waals surface area contributed by atoms with Gasteiger partial charge >= 0.3 is 6.18 Å². The number of pyridine rings is 1. The molecule has 1 aromatic carbocycles. The summed E-state index contributed by atoms with van der Waals surface area (Å²) in [4.78, 5) is 8.70. The number of alkyl halides is 3. The Kier molecular flexibility index (Phi) is 4.19. The Labute approximate surface area is 233 Å². The van der Waals surface area contributed by atoms with Gasteiger partial charge in [-0.3, -0.25) is 9.47 Å². The van der Waals surface area contributed by atoms with Crippen molar-refractivity contribution < 1.29 is 17.6 Å². The lowest BCUT2D eigenvalue weighted by Gasteiger charge is -2.59. The molecule has 2 spiro atoms. The second-order valence-corrected chi connectivity index (χ2v) is 13.9. The normalized spacial score (nSPS) is 33.1. The van der Waals surface area contributed by atoms with Crippen molar-refractivity contribution in [3.8, 4) is 5.69 Å². The molecule has 9 rings (SSSR count). The largest absolute Gasteiger partial charge is 0.395 e. The number of halogens is 5. The van der Waals surface area contributed by atoms with Crippen LogP contribution in [0.2, 0.25) is 5.02 Å². The zero-order valence-corrected chi connectivity index (χ0v) is 22.7. The number of aryl methyl sites for hydroxylation is 1. The van der Waals surface area contributed by atoms with Crippen molar-refractivity contribution in [2.75, 3.05) is 18.0 Å². The average molecular weight is 571 g/mol. The highest BCUT2D eigenvalue weighted by molar-refractivity contribution is 6.30. The third-order valence-corrected chi connectivity index (χ3v) is 11.6. The molecule has 40 heavy (non-hydrogen) atoms. The molecule has 0 N–H and O–H groups in total. The van der Waals surface area contributed by atoms with Gasteiger partial charge < -0.3 is 4.90 Å². The van der Waals surface area contributed by atoms with Crippen molar-refractivity contribution in [2.24, 2.45) is 16.2 Å². The van der Waals surface area contributed by atoms with Crippen LogP contribution in [0.1, 0.15) is 60.8 Å². The monoisotopic (exact) mass is 570 g/mol. The van der Waals surface area contributed by atoms with Gasteiger partial charge in [-0.25, -0.2) is 9.37 Å². The second kappa shape index (κ2) is 7.01. The van der Waals surface area contributed by atoms with Crippen LogP contribution in [0.5, 0.6) is 0 Å². The highest BCUT2D eigenvalue weighted by atomic mass is 35.5. The standard InChI is InChI=1S/C29H27ClF4N6/c1-16-4-22(35-8-20(16)31)38-14-25(15-38)6-18(7-25)24-37-36-23-10-39(9-17-5-19(30)2-3-21(17)40(23)24)28-12-26(28)11-27(26,13-28)29(32,33)34/h2-5,8,18H,6-7,9-15H2,1H3. The molecule has 208 valence electrons. The van der Waals surface area contributed by atoms with E-state index in [1.807, 2.05) is 18.2 Å². The molecule has 6 aliphatic rings. The van der Waals surface area contributed by atoms with Crippen molar-refractivity contribution in [3.63, 3.8) is 0 Å². The zero-order valence-electron chi connectivity index (χ0n) is 21.9. The molecule has 4 heterocycles. The zero-order chi connectivity index (χ0) is 27.4. The molecule has 3 unspecified atom stereocenters. The number of fused-ring (bicyclic) bond motifs is 3. The molecular formula is C29H27ClF4N6. The van der Waals surface area contributed by atoms with Gasteiger partial charge in [-0.15, -0.1) is 10.2 Å². The number of anilines is 1. The highest BCUT2D eigenvalue weighted by Gasteiger charge is 3.03. The fraction of sp³-hybridized carbons (Fsp3) is 0.552. The van der Waals surface area contributed by atoms with Gasteiger partial charge in [-0.2, -0.15) is 13.2 Å². The van der Waals surface area contributed by atoms with Crippen LogP contribution < -0.4 is 4.90 Å². The van der Waals surface area contributed by atoms with Crippen LogP contribution in [0.4, 0.5) is 23.4 Å². The van der Waals surface area contributed by atoms with Crippen molar-refractivity contribution in [3.05, 3.63) is 64.1 Å². The predicted molar refractivity (Wildman–Crippen MR) is 139 cm³/mol. The second-order valence-electron chi connectivity index (χ2n) is 13.4. The highest BCUT2D eigenvalue weighted by Crippen LogP contribution is 3.00. The molecule has 11 heteroatoms. The van der Waals surface area contributed by atoms with E-state index in [1.54, 1.807) is 13.0 Å². The Bertz CT molecular complexity index is 1620. The molecule has 0 amide bonds. The maximum atomic E-state index is 13.9. The van der Waals surface area contributed by atoms with Gasteiger partial charge in [0.2, 0.25) is 0 Å². The molecule has 0 bridgehead atoms. The Balaban J connectivity index is 0.985. The van der Waals surface area contributed by atoms with Crippen LogP contribution in [0, 0.1) is 29.0 Å². The van der Waals surface area contributed by atoms with Crippen molar-refractivity contribution >= 4 is 17.4 Å². The molecule has 0 radical (unpaired) electrons. The molecule has 2 aromatic heterocycles. The van der Waals surface area contributed by atoms with E-state index in [9.17, 15) is 17.6 Å². The first-order valence-corrected chi connectivity index (χ1v) is 14.3. The van der Waals surface area contributed by atoms with E-state index in [0.717, 1.165) is 54.6 Å². The molecule has 3 aromatic rings. The maximum Gasteiger partial charge on any atom is 0.395 e. The SMILES string of the molecule is Cc1cc(N2CC3(CC(c4nnc5n4-c4ccc(Cl)cc4CN(C46CC7(C(F)(F)F)CC47C6)C5)C3)C2)ncc1F. The van der Waals surface area contributed by atoms with E-state index in [1.165, 1.54) is 6.20 Å². The summed E-state index contributed by atoms with van der Waals surface area (Å²) in [7, 11) is 0. The van der Waals surface area contributed by atoms with E-state index in [4.69, 9.17) is 11.6 Å². The first-order chi connectivity index (χ1) is 19.0. The van der Waals surface area contributed by atoms with E-state index in [2.05, 4.69) is 29.5 Å². The topological polar surface area (TPSA) is 50.1 Å².